The maximum Gasteiger partial charge on any atom is 0.243 e. The average molecular weight is 584 g/mol. The van der Waals surface area contributed by atoms with E-state index >= 15 is 0 Å². The van der Waals surface area contributed by atoms with Gasteiger partial charge in [-0.3, -0.25) is 9.20 Å². The van der Waals surface area contributed by atoms with Crippen molar-refractivity contribution in [2.45, 2.75) is 55.6 Å². The molecule has 2 aromatic heterocycles. The van der Waals surface area contributed by atoms with Gasteiger partial charge in [0.1, 0.15) is 0 Å². The Bertz CT molecular complexity index is 1650. The zero-order chi connectivity index (χ0) is 28.4. The van der Waals surface area contributed by atoms with Crippen molar-refractivity contribution in [1.29, 1.82) is 0 Å². The van der Waals surface area contributed by atoms with E-state index in [2.05, 4.69) is 15.5 Å². The van der Waals surface area contributed by atoms with E-state index in [-0.39, 0.29) is 22.6 Å². The highest BCUT2D eigenvalue weighted by atomic mass is 32.2. The highest BCUT2D eigenvalue weighted by Crippen LogP contribution is 2.35. The predicted molar refractivity (Wildman–Crippen MR) is 156 cm³/mol. The third-order valence-corrected chi connectivity index (χ3v) is 10.1. The maximum absolute atomic E-state index is 13.2. The predicted octanol–water partition coefficient (Wildman–Crippen LogP) is 4.89. The van der Waals surface area contributed by atoms with Crippen LogP contribution in [0.25, 0.3) is 16.6 Å². The molecule has 1 fully saturated rings. The van der Waals surface area contributed by atoms with E-state index in [0.717, 1.165) is 42.1 Å². The second-order valence-electron chi connectivity index (χ2n) is 9.77. The molecule has 0 spiro atoms. The molecule has 0 saturated carbocycles. The number of amides is 1. The number of nitrogens with zero attached hydrogens (tertiary/aromatic N) is 4. The van der Waals surface area contributed by atoms with E-state index in [1.165, 1.54) is 11.8 Å². The van der Waals surface area contributed by atoms with Crippen LogP contribution in [0.1, 0.15) is 38.2 Å². The number of rotatable bonds is 9. The monoisotopic (exact) mass is 583 g/mol. The summed E-state index contributed by atoms with van der Waals surface area (Å²) in [5, 5.41) is 13.0. The molecule has 1 saturated heterocycles. The molecule has 40 heavy (non-hydrogen) atoms. The van der Waals surface area contributed by atoms with E-state index in [9.17, 15) is 13.2 Å². The number of aromatic nitrogens is 3. The van der Waals surface area contributed by atoms with Crippen LogP contribution in [0.5, 0.6) is 11.5 Å². The van der Waals surface area contributed by atoms with Crippen molar-refractivity contribution in [2.24, 2.45) is 0 Å². The summed E-state index contributed by atoms with van der Waals surface area (Å²) >= 11 is 1.26. The molecule has 3 heterocycles. The van der Waals surface area contributed by atoms with Gasteiger partial charge in [-0.25, -0.2) is 8.42 Å². The molecule has 2 aromatic carbocycles. The van der Waals surface area contributed by atoms with Gasteiger partial charge in [-0.2, -0.15) is 4.31 Å². The highest BCUT2D eigenvalue weighted by molar-refractivity contribution is 7.99. The molecule has 0 unspecified atom stereocenters. The van der Waals surface area contributed by atoms with E-state index in [4.69, 9.17) is 9.47 Å². The van der Waals surface area contributed by atoms with Crippen LogP contribution in [0.2, 0.25) is 0 Å². The number of anilines is 1. The number of benzene rings is 2. The van der Waals surface area contributed by atoms with Crippen molar-refractivity contribution < 1.29 is 22.7 Å². The number of hydrogen-bond donors (Lipinski definition) is 1. The Morgan fingerprint density at radius 2 is 1.80 bits per heavy atom. The lowest BCUT2D eigenvalue weighted by Gasteiger charge is -2.34. The van der Waals surface area contributed by atoms with Gasteiger partial charge in [0.25, 0.3) is 0 Å². The van der Waals surface area contributed by atoms with E-state index < -0.39 is 10.0 Å². The molecule has 4 aromatic rings. The van der Waals surface area contributed by atoms with Gasteiger partial charge in [0.05, 0.1) is 30.4 Å². The number of carbonyl (C=O) groups excluding carboxylic acids is 1. The number of pyridine rings is 1. The number of carbonyl (C=O) groups is 1. The number of ether oxygens (including phenoxy) is 2. The fraction of sp³-hybridized carbons (Fsp3) is 0.393. The van der Waals surface area contributed by atoms with Gasteiger partial charge in [-0.1, -0.05) is 25.1 Å². The largest absolute Gasteiger partial charge is 0.493 e. The molecule has 1 N–H and O–H groups in total. The van der Waals surface area contributed by atoms with Gasteiger partial charge in [0.15, 0.2) is 22.3 Å². The Morgan fingerprint density at radius 3 is 2.50 bits per heavy atom. The van der Waals surface area contributed by atoms with Crippen LogP contribution in [0.15, 0.2) is 52.5 Å². The Hall–Kier alpha value is -3.35. The molecule has 12 heteroatoms. The summed E-state index contributed by atoms with van der Waals surface area (Å²) in [6.07, 6.45) is 3.61. The summed E-state index contributed by atoms with van der Waals surface area (Å²) in [6.45, 7) is 4.52. The van der Waals surface area contributed by atoms with Crippen molar-refractivity contribution in [3.63, 3.8) is 0 Å². The van der Waals surface area contributed by atoms with Crippen LogP contribution in [0.3, 0.4) is 0 Å². The standard InChI is InChI=1S/C28H33N5O5S2/c1-5-21-8-6-7-13-32(21)40(35,36)22-11-9-20(10-12-22)29-26(34)17-39-28-31-30-27-18(2)14-19-15-24(37-3)25(38-4)16-23(19)33(27)28/h9-12,14-16,21H,5-8,13,17H2,1-4H3,(H,29,34)/t21-/m1/s1. The minimum Gasteiger partial charge on any atom is -0.493 e. The van der Waals surface area contributed by atoms with E-state index in [1.54, 1.807) is 42.8 Å². The summed E-state index contributed by atoms with van der Waals surface area (Å²) in [4.78, 5) is 13.1. The molecule has 10 nitrogen and oxygen atoms in total. The van der Waals surface area contributed by atoms with Crippen LogP contribution < -0.4 is 14.8 Å². The Labute approximate surface area is 238 Å². The van der Waals surface area contributed by atoms with Crippen molar-refractivity contribution >= 4 is 49.9 Å². The second kappa shape index (κ2) is 11.6. The van der Waals surface area contributed by atoms with Crippen LogP contribution in [-0.2, 0) is 14.8 Å². The third kappa shape index (κ3) is 5.35. The molecule has 5 rings (SSSR count). The first-order chi connectivity index (χ1) is 19.3. The fourth-order valence-corrected chi connectivity index (χ4v) is 7.71. The number of thioether (sulfide) groups is 1. The fourth-order valence-electron chi connectivity index (χ4n) is 5.20. The molecule has 0 bridgehead atoms. The quantitative estimate of drug-likeness (QED) is 0.277. The van der Waals surface area contributed by atoms with Gasteiger partial charge >= 0.3 is 0 Å². The van der Waals surface area contributed by atoms with Crippen molar-refractivity contribution in [3.05, 3.63) is 48.0 Å². The average Bonchev–Trinajstić information content (AvgIpc) is 3.40. The number of piperidine rings is 1. The summed E-state index contributed by atoms with van der Waals surface area (Å²) in [6, 6.07) is 12.2. The van der Waals surface area contributed by atoms with Gasteiger partial charge in [0.2, 0.25) is 15.9 Å². The number of hydrogen-bond acceptors (Lipinski definition) is 8. The van der Waals surface area contributed by atoms with E-state index in [1.807, 2.05) is 36.4 Å². The minimum absolute atomic E-state index is 0.0346. The van der Waals surface area contributed by atoms with Gasteiger partial charge in [-0.15, -0.1) is 10.2 Å². The van der Waals surface area contributed by atoms with Crippen LogP contribution in [-0.4, -0.2) is 65.8 Å². The first-order valence-electron chi connectivity index (χ1n) is 13.2. The number of aryl methyl sites for hydroxylation is 1. The van der Waals surface area contributed by atoms with Crippen molar-refractivity contribution in [1.82, 2.24) is 18.9 Å². The molecule has 1 aliphatic rings. The van der Waals surface area contributed by atoms with Crippen LogP contribution >= 0.6 is 11.8 Å². The number of nitrogens with one attached hydrogen (secondary N) is 1. The van der Waals surface area contributed by atoms with Gasteiger partial charge in [-0.05, 0) is 68.1 Å². The summed E-state index contributed by atoms with van der Waals surface area (Å²) in [5.74, 6) is 1.06. The molecular formula is C28H33N5O5S2. The molecule has 0 aliphatic carbocycles. The lowest BCUT2D eigenvalue weighted by atomic mass is 10.0. The number of fused-ring (bicyclic) bond motifs is 3. The van der Waals surface area contributed by atoms with Gasteiger partial charge < -0.3 is 14.8 Å². The Kier molecular flexibility index (Phi) is 8.20. The Balaban J connectivity index is 1.31. The smallest absolute Gasteiger partial charge is 0.243 e. The summed E-state index contributed by atoms with van der Waals surface area (Å²) in [7, 11) is -0.403. The van der Waals surface area contributed by atoms with E-state index in [0.29, 0.717) is 34.5 Å². The van der Waals surface area contributed by atoms with Crippen LogP contribution in [0, 0.1) is 6.92 Å². The van der Waals surface area contributed by atoms with Crippen molar-refractivity contribution in [3.8, 4) is 11.5 Å². The minimum atomic E-state index is -3.58. The highest BCUT2D eigenvalue weighted by Gasteiger charge is 2.32. The number of sulfonamides is 1. The Morgan fingerprint density at radius 1 is 1.07 bits per heavy atom. The lowest BCUT2D eigenvalue weighted by Crippen LogP contribution is -2.43. The van der Waals surface area contributed by atoms with Gasteiger partial charge in [0, 0.05) is 29.7 Å². The molecule has 212 valence electrons. The normalized spacial score (nSPS) is 16.4. The summed E-state index contributed by atoms with van der Waals surface area (Å²) in [5.41, 5.74) is 2.99. The SMILES string of the molecule is CC[C@@H]1CCCCN1S(=O)(=O)c1ccc(NC(=O)CSc2nnc3c(C)cc4cc(OC)c(OC)cc4n23)cc1. The maximum atomic E-state index is 13.2. The first kappa shape index (κ1) is 28.2. The molecule has 1 aliphatic heterocycles. The zero-order valence-electron chi connectivity index (χ0n) is 23.0. The third-order valence-electron chi connectivity index (χ3n) is 7.25. The molecule has 1 atom stereocenters. The molecule has 0 radical (unpaired) electrons. The topological polar surface area (TPSA) is 115 Å². The second-order valence-corrected chi connectivity index (χ2v) is 12.6. The zero-order valence-corrected chi connectivity index (χ0v) is 24.6. The molecular weight excluding hydrogens is 550 g/mol. The lowest BCUT2D eigenvalue weighted by molar-refractivity contribution is -0.113. The first-order valence-corrected chi connectivity index (χ1v) is 15.6. The number of methoxy groups -OCH3 is 2. The van der Waals surface area contributed by atoms with Crippen molar-refractivity contribution in [2.75, 3.05) is 31.8 Å². The molecule has 1 amide bonds. The van der Waals surface area contributed by atoms with Crippen LogP contribution in [0.4, 0.5) is 5.69 Å². The summed E-state index contributed by atoms with van der Waals surface area (Å²) < 4.78 is 40.9.